The summed E-state index contributed by atoms with van der Waals surface area (Å²) in [4.78, 5) is 15.7. The highest BCUT2D eigenvalue weighted by Crippen LogP contribution is 2.19. The second kappa shape index (κ2) is 6.06. The molecule has 1 aromatic rings. The van der Waals surface area contributed by atoms with Gasteiger partial charge in [0.25, 0.3) is 0 Å². The summed E-state index contributed by atoms with van der Waals surface area (Å²) in [6.07, 6.45) is 0. The summed E-state index contributed by atoms with van der Waals surface area (Å²) in [5, 5.41) is 9.32. The van der Waals surface area contributed by atoms with Crippen molar-refractivity contribution in [2.24, 2.45) is 5.92 Å². The van der Waals surface area contributed by atoms with Crippen LogP contribution in [0.4, 0.5) is 5.69 Å². The van der Waals surface area contributed by atoms with Crippen molar-refractivity contribution in [3.8, 4) is 0 Å². The number of rotatable bonds is 4. The Hall–Kier alpha value is -1.55. The molecule has 4 nitrogen and oxygen atoms in total. The normalized spacial score (nSPS) is 18.6. The van der Waals surface area contributed by atoms with Crippen LogP contribution < -0.4 is 4.90 Å². The lowest BCUT2D eigenvalue weighted by Crippen LogP contribution is -2.54. The van der Waals surface area contributed by atoms with E-state index in [1.807, 2.05) is 32.0 Å². The number of carbonyl (C=O) groups is 1. The largest absolute Gasteiger partial charge is 0.480 e. The average molecular weight is 262 g/mol. The molecule has 0 amide bonds. The third kappa shape index (κ3) is 3.26. The van der Waals surface area contributed by atoms with Gasteiger partial charge in [-0.1, -0.05) is 32.0 Å². The fraction of sp³-hybridized carbons (Fsp3) is 0.533. The third-order valence-electron chi connectivity index (χ3n) is 3.71. The van der Waals surface area contributed by atoms with Gasteiger partial charge in [0.05, 0.1) is 0 Å². The molecule has 1 saturated heterocycles. The molecule has 1 heterocycles. The van der Waals surface area contributed by atoms with Crippen molar-refractivity contribution in [3.05, 3.63) is 30.3 Å². The van der Waals surface area contributed by atoms with E-state index in [4.69, 9.17) is 0 Å². The summed E-state index contributed by atoms with van der Waals surface area (Å²) >= 11 is 0. The molecule has 1 aliphatic rings. The molecule has 104 valence electrons. The number of hydrogen-bond donors (Lipinski definition) is 1. The summed E-state index contributed by atoms with van der Waals surface area (Å²) in [6, 6.07) is 9.93. The van der Waals surface area contributed by atoms with Gasteiger partial charge in [-0.3, -0.25) is 9.69 Å². The Labute approximate surface area is 114 Å². The number of aliphatic carboxylic acids is 1. The van der Waals surface area contributed by atoms with Crippen molar-refractivity contribution in [1.82, 2.24) is 4.90 Å². The minimum atomic E-state index is -0.705. The SMILES string of the molecule is CC(C)[C@@H](C(=O)O)N1CCN(c2ccccc2)CC1. The van der Waals surface area contributed by atoms with Crippen LogP contribution in [-0.2, 0) is 4.79 Å². The molecule has 1 aromatic carbocycles. The molecule has 1 aliphatic heterocycles. The smallest absolute Gasteiger partial charge is 0.321 e. The first-order valence-corrected chi connectivity index (χ1v) is 6.86. The lowest BCUT2D eigenvalue weighted by atomic mass is 10.0. The van der Waals surface area contributed by atoms with Crippen LogP contribution in [0.3, 0.4) is 0 Å². The van der Waals surface area contributed by atoms with Gasteiger partial charge in [-0.25, -0.2) is 0 Å². The quantitative estimate of drug-likeness (QED) is 0.900. The van der Waals surface area contributed by atoms with Crippen molar-refractivity contribution < 1.29 is 9.90 Å². The molecular formula is C15H22N2O2. The Kier molecular flexibility index (Phi) is 4.43. The maximum atomic E-state index is 11.3. The molecule has 19 heavy (non-hydrogen) atoms. The number of piperazine rings is 1. The zero-order chi connectivity index (χ0) is 13.8. The molecule has 4 heteroatoms. The molecule has 0 saturated carbocycles. The number of carboxylic acid groups (broad SMARTS) is 1. The fourth-order valence-electron chi connectivity index (χ4n) is 2.76. The monoisotopic (exact) mass is 262 g/mol. The second-order valence-electron chi connectivity index (χ2n) is 5.39. The molecule has 0 unspecified atom stereocenters. The zero-order valence-corrected chi connectivity index (χ0v) is 11.6. The Morgan fingerprint density at radius 2 is 1.68 bits per heavy atom. The summed E-state index contributed by atoms with van der Waals surface area (Å²) < 4.78 is 0. The first kappa shape index (κ1) is 13.9. The Morgan fingerprint density at radius 3 is 2.16 bits per heavy atom. The molecule has 1 N–H and O–H groups in total. The molecule has 1 atom stereocenters. The van der Waals surface area contributed by atoms with Gasteiger partial charge in [-0.05, 0) is 18.1 Å². The molecular weight excluding hydrogens is 240 g/mol. The Balaban J connectivity index is 1.97. The number of para-hydroxylation sites is 1. The lowest BCUT2D eigenvalue weighted by Gasteiger charge is -2.40. The second-order valence-corrected chi connectivity index (χ2v) is 5.39. The van der Waals surface area contributed by atoms with E-state index in [1.54, 1.807) is 0 Å². The van der Waals surface area contributed by atoms with E-state index in [2.05, 4.69) is 21.9 Å². The van der Waals surface area contributed by atoms with Crippen LogP contribution in [0.5, 0.6) is 0 Å². The van der Waals surface area contributed by atoms with E-state index < -0.39 is 5.97 Å². The van der Waals surface area contributed by atoms with E-state index in [1.165, 1.54) is 5.69 Å². The zero-order valence-electron chi connectivity index (χ0n) is 11.6. The van der Waals surface area contributed by atoms with Crippen LogP contribution in [0.25, 0.3) is 0 Å². The van der Waals surface area contributed by atoms with Crippen LogP contribution in [-0.4, -0.2) is 48.2 Å². The molecule has 0 radical (unpaired) electrons. The van der Waals surface area contributed by atoms with E-state index in [9.17, 15) is 9.90 Å². The lowest BCUT2D eigenvalue weighted by molar-refractivity contribution is -0.145. The van der Waals surface area contributed by atoms with Crippen molar-refractivity contribution in [3.63, 3.8) is 0 Å². The summed E-state index contributed by atoms with van der Waals surface area (Å²) in [7, 11) is 0. The molecule has 0 bridgehead atoms. The van der Waals surface area contributed by atoms with Crippen molar-refractivity contribution in [1.29, 1.82) is 0 Å². The van der Waals surface area contributed by atoms with Gasteiger partial charge in [0.2, 0.25) is 0 Å². The number of hydrogen-bond acceptors (Lipinski definition) is 3. The van der Waals surface area contributed by atoms with E-state index >= 15 is 0 Å². The summed E-state index contributed by atoms with van der Waals surface area (Å²) in [6.45, 7) is 7.35. The molecule has 0 aromatic heterocycles. The Morgan fingerprint density at radius 1 is 1.11 bits per heavy atom. The fourth-order valence-corrected chi connectivity index (χ4v) is 2.76. The standard InChI is InChI=1S/C15H22N2O2/c1-12(2)14(15(18)19)17-10-8-16(9-11-17)13-6-4-3-5-7-13/h3-7,12,14H,8-11H2,1-2H3,(H,18,19)/t14-/m0/s1. The van der Waals surface area contributed by atoms with Gasteiger partial charge >= 0.3 is 5.97 Å². The predicted molar refractivity (Wildman–Crippen MR) is 76.5 cm³/mol. The topological polar surface area (TPSA) is 43.8 Å². The van der Waals surface area contributed by atoms with Crippen molar-refractivity contribution in [2.45, 2.75) is 19.9 Å². The first-order valence-electron chi connectivity index (χ1n) is 6.86. The van der Waals surface area contributed by atoms with Crippen LogP contribution in [0.1, 0.15) is 13.8 Å². The number of nitrogens with zero attached hydrogens (tertiary/aromatic N) is 2. The molecule has 0 aliphatic carbocycles. The molecule has 0 spiro atoms. The number of anilines is 1. The maximum Gasteiger partial charge on any atom is 0.321 e. The van der Waals surface area contributed by atoms with Crippen LogP contribution in [0, 0.1) is 5.92 Å². The van der Waals surface area contributed by atoms with Crippen LogP contribution >= 0.6 is 0 Å². The number of benzene rings is 1. The highest BCUT2D eigenvalue weighted by Gasteiger charge is 2.31. The highest BCUT2D eigenvalue weighted by atomic mass is 16.4. The van der Waals surface area contributed by atoms with Crippen LogP contribution in [0.15, 0.2) is 30.3 Å². The predicted octanol–water partition coefficient (Wildman–Crippen LogP) is 1.92. The maximum absolute atomic E-state index is 11.3. The van der Waals surface area contributed by atoms with Gasteiger partial charge in [0.15, 0.2) is 0 Å². The summed E-state index contributed by atoms with van der Waals surface area (Å²) in [5.41, 5.74) is 1.22. The highest BCUT2D eigenvalue weighted by molar-refractivity contribution is 5.73. The van der Waals surface area contributed by atoms with E-state index in [0.29, 0.717) is 0 Å². The third-order valence-corrected chi connectivity index (χ3v) is 3.71. The number of carboxylic acids is 1. The van der Waals surface area contributed by atoms with Gasteiger partial charge < -0.3 is 10.0 Å². The summed E-state index contributed by atoms with van der Waals surface area (Å²) in [5.74, 6) is -0.566. The van der Waals surface area contributed by atoms with Gasteiger partial charge in [0.1, 0.15) is 6.04 Å². The van der Waals surface area contributed by atoms with E-state index in [0.717, 1.165) is 26.2 Å². The van der Waals surface area contributed by atoms with Crippen molar-refractivity contribution in [2.75, 3.05) is 31.1 Å². The van der Waals surface area contributed by atoms with Gasteiger partial charge in [-0.2, -0.15) is 0 Å². The average Bonchev–Trinajstić information content (AvgIpc) is 2.40. The van der Waals surface area contributed by atoms with Crippen molar-refractivity contribution >= 4 is 11.7 Å². The van der Waals surface area contributed by atoms with Crippen LogP contribution in [0.2, 0.25) is 0 Å². The van der Waals surface area contributed by atoms with Gasteiger partial charge in [-0.15, -0.1) is 0 Å². The Bertz CT molecular complexity index is 411. The van der Waals surface area contributed by atoms with E-state index in [-0.39, 0.29) is 12.0 Å². The van der Waals surface area contributed by atoms with Gasteiger partial charge in [0, 0.05) is 31.9 Å². The first-order chi connectivity index (χ1) is 9.09. The molecule has 1 fully saturated rings. The molecule has 2 rings (SSSR count). The minimum Gasteiger partial charge on any atom is -0.480 e. The minimum absolute atomic E-state index is 0.140.